The largest absolute Gasteiger partial charge is 0.448 e. The molecule has 7 nitrogen and oxygen atoms in total. The lowest BCUT2D eigenvalue weighted by Gasteiger charge is -2.12. The van der Waals surface area contributed by atoms with Crippen molar-refractivity contribution in [1.82, 2.24) is 20.3 Å². The van der Waals surface area contributed by atoms with Crippen molar-refractivity contribution >= 4 is 11.9 Å². The molecule has 1 aromatic carbocycles. The average molecular weight is 316 g/mol. The molecule has 1 heterocycles. The fourth-order valence-corrected chi connectivity index (χ4v) is 1.91. The van der Waals surface area contributed by atoms with Crippen molar-refractivity contribution < 1.29 is 14.3 Å². The summed E-state index contributed by atoms with van der Waals surface area (Å²) >= 11 is 0. The first-order chi connectivity index (χ1) is 11.0. The number of benzene rings is 1. The van der Waals surface area contributed by atoms with Crippen LogP contribution in [0.4, 0.5) is 0 Å². The van der Waals surface area contributed by atoms with Crippen LogP contribution >= 0.6 is 0 Å². The van der Waals surface area contributed by atoms with E-state index in [2.05, 4.69) is 15.5 Å². The number of aryl methyl sites for hydroxylation is 1. The summed E-state index contributed by atoms with van der Waals surface area (Å²) in [4.78, 5) is 25.3. The molecule has 122 valence electrons. The number of rotatable bonds is 6. The van der Waals surface area contributed by atoms with Crippen LogP contribution in [0.15, 0.2) is 30.3 Å². The van der Waals surface area contributed by atoms with Crippen molar-refractivity contribution in [3.8, 4) is 5.69 Å². The highest BCUT2D eigenvalue weighted by Crippen LogP contribution is 2.10. The molecule has 0 saturated heterocycles. The monoisotopic (exact) mass is 316 g/mol. The molecule has 0 aliphatic carbocycles. The SMILES string of the molecule is CCCNC(=O)[C@H](C)OC(=O)c1nn(-c2ccccc2)nc1C. The van der Waals surface area contributed by atoms with E-state index >= 15 is 0 Å². The number of carbonyl (C=O) groups is 2. The number of aromatic nitrogens is 3. The fourth-order valence-electron chi connectivity index (χ4n) is 1.91. The summed E-state index contributed by atoms with van der Waals surface area (Å²) in [6.45, 7) is 5.69. The van der Waals surface area contributed by atoms with E-state index in [0.29, 0.717) is 12.2 Å². The molecule has 2 aromatic rings. The van der Waals surface area contributed by atoms with E-state index in [0.717, 1.165) is 12.1 Å². The zero-order valence-electron chi connectivity index (χ0n) is 13.4. The van der Waals surface area contributed by atoms with E-state index in [4.69, 9.17) is 4.74 Å². The molecule has 0 aliphatic rings. The number of hydrogen-bond donors (Lipinski definition) is 1. The van der Waals surface area contributed by atoms with Crippen LogP contribution in [0, 0.1) is 6.92 Å². The van der Waals surface area contributed by atoms with Crippen molar-refractivity contribution in [2.75, 3.05) is 6.54 Å². The van der Waals surface area contributed by atoms with E-state index in [-0.39, 0.29) is 11.6 Å². The van der Waals surface area contributed by atoms with Gasteiger partial charge in [-0.3, -0.25) is 4.79 Å². The van der Waals surface area contributed by atoms with Gasteiger partial charge in [-0.05, 0) is 32.4 Å². The molecule has 7 heteroatoms. The van der Waals surface area contributed by atoms with Gasteiger partial charge < -0.3 is 10.1 Å². The van der Waals surface area contributed by atoms with Gasteiger partial charge in [0, 0.05) is 6.54 Å². The minimum atomic E-state index is -0.879. The van der Waals surface area contributed by atoms with E-state index in [9.17, 15) is 9.59 Å². The molecule has 23 heavy (non-hydrogen) atoms. The summed E-state index contributed by atoms with van der Waals surface area (Å²) in [7, 11) is 0. The molecule has 1 amide bonds. The van der Waals surface area contributed by atoms with Crippen LogP contribution in [-0.2, 0) is 9.53 Å². The number of nitrogens with one attached hydrogen (secondary N) is 1. The minimum Gasteiger partial charge on any atom is -0.448 e. The summed E-state index contributed by atoms with van der Waals surface area (Å²) in [5, 5.41) is 11.0. The number of ether oxygens (including phenoxy) is 1. The molecule has 0 saturated carbocycles. The van der Waals surface area contributed by atoms with Gasteiger partial charge in [-0.25, -0.2) is 4.79 Å². The Bertz CT molecular complexity index is 682. The third-order valence-electron chi connectivity index (χ3n) is 3.16. The molecular weight excluding hydrogens is 296 g/mol. The molecule has 1 N–H and O–H groups in total. The second-order valence-corrected chi connectivity index (χ2v) is 5.10. The molecule has 1 atom stereocenters. The highest BCUT2D eigenvalue weighted by atomic mass is 16.5. The second kappa shape index (κ2) is 7.53. The second-order valence-electron chi connectivity index (χ2n) is 5.10. The molecule has 0 radical (unpaired) electrons. The molecule has 0 spiro atoms. The third kappa shape index (κ3) is 4.15. The molecule has 0 aliphatic heterocycles. The fraction of sp³-hybridized carbons (Fsp3) is 0.375. The van der Waals surface area contributed by atoms with Gasteiger partial charge in [0.2, 0.25) is 0 Å². The van der Waals surface area contributed by atoms with Crippen molar-refractivity contribution in [3.63, 3.8) is 0 Å². The van der Waals surface area contributed by atoms with Crippen molar-refractivity contribution in [2.45, 2.75) is 33.3 Å². The summed E-state index contributed by atoms with van der Waals surface area (Å²) in [6, 6.07) is 9.24. The first kappa shape index (κ1) is 16.7. The maximum absolute atomic E-state index is 12.2. The quantitative estimate of drug-likeness (QED) is 0.819. The van der Waals surface area contributed by atoms with Gasteiger partial charge in [0.25, 0.3) is 5.91 Å². The van der Waals surface area contributed by atoms with Crippen molar-refractivity contribution in [3.05, 3.63) is 41.7 Å². The number of amides is 1. The summed E-state index contributed by atoms with van der Waals surface area (Å²) in [5.74, 6) is -0.989. The number of esters is 1. The van der Waals surface area contributed by atoms with E-state index < -0.39 is 12.1 Å². The van der Waals surface area contributed by atoms with Crippen LogP contribution in [0.1, 0.15) is 36.5 Å². The maximum atomic E-state index is 12.2. The maximum Gasteiger partial charge on any atom is 0.361 e. The van der Waals surface area contributed by atoms with Gasteiger partial charge in [0.15, 0.2) is 11.8 Å². The molecule has 2 rings (SSSR count). The van der Waals surface area contributed by atoms with Gasteiger partial charge in [0.05, 0.1) is 11.4 Å². The van der Waals surface area contributed by atoms with Crippen LogP contribution in [0.2, 0.25) is 0 Å². The topological polar surface area (TPSA) is 86.1 Å². The molecule has 0 unspecified atom stereocenters. The number of nitrogens with zero attached hydrogens (tertiary/aromatic N) is 3. The summed E-state index contributed by atoms with van der Waals surface area (Å²) in [5.41, 5.74) is 1.28. The molecule has 1 aromatic heterocycles. The number of carbonyl (C=O) groups excluding carboxylic acids is 2. The third-order valence-corrected chi connectivity index (χ3v) is 3.16. The van der Waals surface area contributed by atoms with Crippen LogP contribution in [0.5, 0.6) is 0 Å². The Morgan fingerprint density at radius 2 is 1.96 bits per heavy atom. The van der Waals surface area contributed by atoms with Crippen molar-refractivity contribution in [1.29, 1.82) is 0 Å². The van der Waals surface area contributed by atoms with Crippen LogP contribution in [0.3, 0.4) is 0 Å². The minimum absolute atomic E-state index is 0.101. The number of hydrogen-bond acceptors (Lipinski definition) is 5. The standard InChI is InChI=1S/C16H20N4O3/c1-4-10-17-15(21)12(3)23-16(22)14-11(2)18-20(19-14)13-8-6-5-7-9-13/h5-9,12H,4,10H2,1-3H3,(H,17,21)/t12-/m0/s1. The Morgan fingerprint density at radius 3 is 2.61 bits per heavy atom. The first-order valence-electron chi connectivity index (χ1n) is 7.51. The van der Waals surface area contributed by atoms with Gasteiger partial charge >= 0.3 is 5.97 Å². The lowest BCUT2D eigenvalue weighted by Crippen LogP contribution is -2.36. The van der Waals surface area contributed by atoms with E-state index in [1.165, 1.54) is 11.7 Å². The van der Waals surface area contributed by atoms with E-state index in [1.807, 2.05) is 37.3 Å². The smallest absolute Gasteiger partial charge is 0.361 e. The zero-order valence-corrected chi connectivity index (χ0v) is 13.4. The van der Waals surface area contributed by atoms with Crippen LogP contribution in [-0.4, -0.2) is 39.5 Å². The Labute approximate surface area is 134 Å². The van der Waals surface area contributed by atoms with Gasteiger partial charge in [-0.15, -0.1) is 5.10 Å². The Balaban J connectivity index is 2.08. The number of para-hydroxylation sites is 1. The molecule has 0 bridgehead atoms. The predicted molar refractivity (Wildman–Crippen MR) is 84.3 cm³/mol. The highest BCUT2D eigenvalue weighted by Gasteiger charge is 2.23. The van der Waals surface area contributed by atoms with Gasteiger partial charge in [0.1, 0.15) is 0 Å². The zero-order chi connectivity index (χ0) is 16.8. The summed E-state index contributed by atoms with van der Waals surface area (Å²) < 4.78 is 5.16. The normalized spacial score (nSPS) is 11.8. The lowest BCUT2D eigenvalue weighted by atomic mass is 10.3. The molecule has 0 fully saturated rings. The van der Waals surface area contributed by atoms with Crippen molar-refractivity contribution in [2.24, 2.45) is 0 Å². The Hall–Kier alpha value is -2.70. The van der Waals surface area contributed by atoms with Gasteiger partial charge in [-0.1, -0.05) is 25.1 Å². The Kier molecular flexibility index (Phi) is 5.46. The van der Waals surface area contributed by atoms with E-state index in [1.54, 1.807) is 6.92 Å². The predicted octanol–water partition coefficient (Wildman–Crippen LogP) is 1.65. The van der Waals surface area contributed by atoms with Gasteiger partial charge in [-0.2, -0.15) is 9.90 Å². The van der Waals surface area contributed by atoms with Crippen LogP contribution in [0.25, 0.3) is 5.69 Å². The summed E-state index contributed by atoms with van der Waals surface area (Å²) in [6.07, 6.45) is -0.0629. The first-order valence-corrected chi connectivity index (χ1v) is 7.51. The molecular formula is C16H20N4O3. The average Bonchev–Trinajstić information content (AvgIpc) is 2.95. The lowest BCUT2D eigenvalue weighted by molar-refractivity contribution is -0.129. The Morgan fingerprint density at radius 1 is 1.26 bits per heavy atom. The highest BCUT2D eigenvalue weighted by molar-refractivity contribution is 5.91. The van der Waals surface area contributed by atoms with Crippen LogP contribution < -0.4 is 5.32 Å².